The summed E-state index contributed by atoms with van der Waals surface area (Å²) >= 11 is 0. The smallest absolute Gasteiger partial charge is 0.397 e. The summed E-state index contributed by atoms with van der Waals surface area (Å²) in [7, 11) is -5.06. The number of carbonyl (C=O) groups is 1. The normalized spacial score (nSPS) is 19.7. The molecule has 0 bridgehead atoms. The van der Waals surface area contributed by atoms with Crippen molar-refractivity contribution in [2.45, 2.75) is 288 Å². The van der Waals surface area contributed by atoms with E-state index in [0.29, 0.717) is 13.0 Å². The Hall–Kier alpha value is -0.900. The van der Waals surface area contributed by atoms with Gasteiger partial charge in [0.25, 0.3) is 0 Å². The molecule has 0 aliphatic carbocycles. The van der Waals surface area contributed by atoms with E-state index >= 15 is 0 Å². The van der Waals surface area contributed by atoms with E-state index in [1.165, 1.54) is 186 Å². The van der Waals surface area contributed by atoms with Crippen LogP contribution in [0.3, 0.4) is 0 Å². The second kappa shape index (κ2) is 42.5. The molecule has 0 aromatic rings. The van der Waals surface area contributed by atoms with Crippen molar-refractivity contribution in [3.8, 4) is 0 Å². The molecule has 0 aromatic heterocycles. The fourth-order valence-electron chi connectivity index (χ4n) is 8.50. The van der Waals surface area contributed by atoms with Crippen LogP contribution in [0.5, 0.6) is 0 Å². The molecule has 1 aliphatic heterocycles. The molecule has 0 aromatic carbocycles. The molecular weight excluding hydrogens is 825 g/mol. The summed E-state index contributed by atoms with van der Waals surface area (Å²) in [5, 5.41) is 30.7. The number of hydrogen-bond donors (Lipinski definition) is 4. The topological polar surface area (TPSA) is 178 Å². The monoisotopic (exact) mass is 923 g/mol. The van der Waals surface area contributed by atoms with E-state index in [0.717, 1.165) is 38.5 Å². The second-order valence-corrected chi connectivity index (χ2v) is 19.5. The Kier molecular flexibility index (Phi) is 40.5. The predicted molar refractivity (Wildman–Crippen MR) is 253 cm³/mol. The zero-order valence-corrected chi connectivity index (χ0v) is 41.2. The van der Waals surface area contributed by atoms with E-state index < -0.39 is 59.8 Å². The molecular formula is C50H98O12S. The van der Waals surface area contributed by atoms with Crippen LogP contribution in [0.4, 0.5) is 0 Å². The fourth-order valence-corrected chi connectivity index (χ4v) is 9.01. The van der Waals surface area contributed by atoms with Gasteiger partial charge in [0.05, 0.1) is 19.8 Å². The Balaban J connectivity index is 2.22. The van der Waals surface area contributed by atoms with Gasteiger partial charge in [-0.05, 0) is 12.8 Å². The number of esters is 1. The van der Waals surface area contributed by atoms with E-state index in [2.05, 4.69) is 18.0 Å². The molecule has 4 N–H and O–H groups in total. The van der Waals surface area contributed by atoms with Gasteiger partial charge < -0.3 is 34.3 Å². The van der Waals surface area contributed by atoms with Crippen LogP contribution in [0.1, 0.15) is 251 Å². The summed E-state index contributed by atoms with van der Waals surface area (Å²) in [6.45, 7) is 4.03. The first-order chi connectivity index (χ1) is 30.6. The minimum atomic E-state index is -5.06. The summed E-state index contributed by atoms with van der Waals surface area (Å²) in [6, 6.07) is 0. The van der Waals surface area contributed by atoms with Gasteiger partial charge in [0.1, 0.15) is 30.5 Å². The Morgan fingerprint density at radius 2 is 0.905 bits per heavy atom. The lowest BCUT2D eigenvalue weighted by Crippen LogP contribution is -2.60. The van der Waals surface area contributed by atoms with Gasteiger partial charge in [0.15, 0.2) is 6.29 Å². The zero-order valence-electron chi connectivity index (χ0n) is 40.4. The highest BCUT2D eigenvalue weighted by Gasteiger charge is 2.48. The molecule has 376 valence electrons. The third kappa shape index (κ3) is 35.9. The molecule has 12 nitrogen and oxygen atoms in total. The predicted octanol–water partition coefficient (Wildman–Crippen LogP) is 12.0. The fraction of sp³-hybridized carbons (Fsp3) is 0.980. The van der Waals surface area contributed by atoms with Crippen LogP contribution >= 0.6 is 0 Å². The lowest BCUT2D eigenvalue weighted by atomic mass is 9.99. The standard InChI is InChI=1S/C50H98O12S/c1-3-5-7-9-11-13-15-16-17-18-19-20-21-22-23-24-25-26-27-28-29-30-32-34-36-38-40-58-42-44(60-46(52)39-37-35-33-31-14-12-10-8-6-4-2)43-59-50-48(54)49(62-63(55,56)57)47(53)45(41-51)61-50/h44-45,47-51,53-54H,3-43H2,1-2H3,(H,55,56,57). The van der Waals surface area contributed by atoms with Gasteiger partial charge in [-0.25, -0.2) is 4.18 Å². The Morgan fingerprint density at radius 3 is 1.27 bits per heavy atom. The molecule has 0 spiro atoms. The average Bonchev–Trinajstić information content (AvgIpc) is 3.26. The van der Waals surface area contributed by atoms with Crippen LogP contribution in [0, 0.1) is 0 Å². The quantitative estimate of drug-likeness (QED) is 0.0258. The minimum Gasteiger partial charge on any atom is -0.457 e. The summed E-state index contributed by atoms with van der Waals surface area (Å²) in [6.07, 6.45) is 37.4. The van der Waals surface area contributed by atoms with Crippen LogP contribution in [-0.4, -0.2) is 97.5 Å². The van der Waals surface area contributed by atoms with Crippen molar-refractivity contribution >= 4 is 16.4 Å². The number of aliphatic hydroxyl groups excluding tert-OH is 3. The first-order valence-corrected chi connectivity index (χ1v) is 27.7. The lowest BCUT2D eigenvalue weighted by molar-refractivity contribution is -0.301. The van der Waals surface area contributed by atoms with Gasteiger partial charge in [0.2, 0.25) is 0 Å². The number of aliphatic hydroxyl groups is 3. The Bertz CT molecular complexity index is 1110. The number of ether oxygens (including phenoxy) is 4. The maximum Gasteiger partial charge on any atom is 0.397 e. The van der Waals surface area contributed by atoms with E-state index in [1.807, 2.05) is 0 Å². The highest BCUT2D eigenvalue weighted by molar-refractivity contribution is 7.80. The molecule has 6 atom stereocenters. The molecule has 0 saturated carbocycles. The largest absolute Gasteiger partial charge is 0.457 e. The van der Waals surface area contributed by atoms with Crippen LogP contribution in [0.2, 0.25) is 0 Å². The molecule has 6 unspecified atom stereocenters. The van der Waals surface area contributed by atoms with E-state index in [1.54, 1.807) is 0 Å². The van der Waals surface area contributed by atoms with Crippen molar-refractivity contribution in [2.75, 3.05) is 26.4 Å². The minimum absolute atomic E-state index is 0.0447. The summed E-state index contributed by atoms with van der Waals surface area (Å²) in [4.78, 5) is 12.8. The maximum atomic E-state index is 12.8. The van der Waals surface area contributed by atoms with E-state index in [4.69, 9.17) is 23.5 Å². The summed E-state index contributed by atoms with van der Waals surface area (Å²) in [5.41, 5.74) is 0. The molecule has 1 saturated heterocycles. The van der Waals surface area contributed by atoms with Crippen LogP contribution < -0.4 is 0 Å². The van der Waals surface area contributed by atoms with Crippen molar-refractivity contribution in [1.82, 2.24) is 0 Å². The summed E-state index contributed by atoms with van der Waals surface area (Å²) < 4.78 is 59.1. The molecule has 0 amide bonds. The highest BCUT2D eigenvalue weighted by atomic mass is 32.3. The number of hydrogen-bond acceptors (Lipinski definition) is 11. The third-order valence-corrected chi connectivity index (χ3v) is 12.9. The Morgan fingerprint density at radius 1 is 0.540 bits per heavy atom. The van der Waals surface area contributed by atoms with E-state index in [-0.39, 0.29) is 19.6 Å². The molecule has 1 fully saturated rings. The number of unbranched alkanes of at least 4 members (excludes halogenated alkanes) is 34. The van der Waals surface area contributed by atoms with Gasteiger partial charge in [-0.3, -0.25) is 9.35 Å². The SMILES string of the molecule is CCCCCCCCCCCCCCCCCCCCCCCCCCCCOCC(COC1OC(CO)C(O)C(OS(=O)(=O)O)C1O)OC(=O)CCCCCCCCCCCC. The first kappa shape index (κ1) is 60.1. The zero-order chi connectivity index (χ0) is 46.1. The van der Waals surface area contributed by atoms with Crippen molar-refractivity contribution in [3.05, 3.63) is 0 Å². The molecule has 1 rings (SSSR count). The number of carbonyl (C=O) groups excluding carboxylic acids is 1. The molecule has 13 heteroatoms. The first-order valence-electron chi connectivity index (χ1n) is 26.3. The number of rotatable bonds is 47. The molecule has 1 aliphatic rings. The van der Waals surface area contributed by atoms with Crippen molar-refractivity contribution < 1.29 is 56.2 Å². The van der Waals surface area contributed by atoms with Gasteiger partial charge in [0, 0.05) is 13.0 Å². The third-order valence-electron chi connectivity index (χ3n) is 12.5. The second-order valence-electron chi connectivity index (χ2n) is 18.5. The average molecular weight is 923 g/mol. The lowest BCUT2D eigenvalue weighted by Gasteiger charge is -2.41. The van der Waals surface area contributed by atoms with Gasteiger partial charge in [-0.1, -0.05) is 232 Å². The van der Waals surface area contributed by atoms with E-state index in [9.17, 15) is 28.5 Å². The van der Waals surface area contributed by atoms with Gasteiger partial charge in [-0.15, -0.1) is 0 Å². The van der Waals surface area contributed by atoms with Crippen molar-refractivity contribution in [2.24, 2.45) is 0 Å². The van der Waals surface area contributed by atoms with Crippen LogP contribution in [-0.2, 0) is 38.3 Å². The molecule has 0 radical (unpaired) electrons. The van der Waals surface area contributed by atoms with Crippen LogP contribution in [0.25, 0.3) is 0 Å². The highest BCUT2D eigenvalue weighted by Crippen LogP contribution is 2.26. The molecule has 1 heterocycles. The van der Waals surface area contributed by atoms with Crippen LogP contribution in [0.15, 0.2) is 0 Å². The Labute approximate surface area is 386 Å². The van der Waals surface area contributed by atoms with Crippen molar-refractivity contribution in [1.29, 1.82) is 0 Å². The van der Waals surface area contributed by atoms with Crippen molar-refractivity contribution in [3.63, 3.8) is 0 Å². The van der Waals surface area contributed by atoms with Gasteiger partial charge in [-0.2, -0.15) is 8.42 Å². The summed E-state index contributed by atoms with van der Waals surface area (Å²) in [5.74, 6) is -0.395. The van der Waals surface area contributed by atoms with Gasteiger partial charge >= 0.3 is 16.4 Å². The molecule has 63 heavy (non-hydrogen) atoms. The maximum absolute atomic E-state index is 12.8.